The van der Waals surface area contributed by atoms with Crippen LogP contribution in [0.3, 0.4) is 0 Å². The first-order valence-corrected chi connectivity index (χ1v) is 10.9. The Bertz CT molecular complexity index is 1230. The third kappa shape index (κ3) is 4.89. The van der Waals surface area contributed by atoms with Gasteiger partial charge >= 0.3 is 0 Å². The molecule has 0 bridgehead atoms. The quantitative estimate of drug-likeness (QED) is 0.436. The second kappa shape index (κ2) is 8.56. The van der Waals surface area contributed by atoms with Crippen molar-refractivity contribution < 1.29 is 22.9 Å². The number of hydrogen-bond acceptors (Lipinski definition) is 7. The Hall–Kier alpha value is -3.73. The summed E-state index contributed by atoms with van der Waals surface area (Å²) in [6.45, 7) is 0. The van der Waals surface area contributed by atoms with E-state index < -0.39 is 32.4 Å². The standard InChI is InChI=1S/C20H20N4O6S/c1-23-9-8-21-19(23)18(13-4-6-16(30-2)7-5-13)22-20(25)14-10-15(24(26)27)12-17(11-14)31(3,28)29/h4-12,18H,1-3H3,(H,22,25). The van der Waals surface area contributed by atoms with E-state index in [4.69, 9.17) is 4.74 Å². The molecule has 1 amide bonds. The van der Waals surface area contributed by atoms with Gasteiger partial charge < -0.3 is 14.6 Å². The van der Waals surface area contributed by atoms with E-state index in [1.54, 1.807) is 48.3 Å². The summed E-state index contributed by atoms with van der Waals surface area (Å²) in [5, 5.41) is 14.0. The molecule has 162 valence electrons. The fraction of sp³-hybridized carbons (Fsp3) is 0.200. The van der Waals surface area contributed by atoms with Crippen LogP contribution in [-0.2, 0) is 16.9 Å². The van der Waals surface area contributed by atoms with Gasteiger partial charge in [-0.2, -0.15) is 0 Å². The zero-order valence-corrected chi connectivity index (χ0v) is 17.8. The molecule has 10 nitrogen and oxygen atoms in total. The van der Waals surface area contributed by atoms with Crippen molar-refractivity contribution in [3.63, 3.8) is 0 Å². The maximum absolute atomic E-state index is 13.0. The molecule has 1 heterocycles. The number of nitro benzene ring substituents is 1. The number of aryl methyl sites for hydroxylation is 1. The molecule has 1 atom stereocenters. The van der Waals surface area contributed by atoms with Crippen LogP contribution < -0.4 is 10.1 Å². The van der Waals surface area contributed by atoms with Gasteiger partial charge in [-0.25, -0.2) is 13.4 Å². The lowest BCUT2D eigenvalue weighted by Gasteiger charge is -2.19. The minimum Gasteiger partial charge on any atom is -0.497 e. The van der Waals surface area contributed by atoms with Crippen molar-refractivity contribution in [2.24, 2.45) is 7.05 Å². The number of carbonyl (C=O) groups excluding carboxylic acids is 1. The van der Waals surface area contributed by atoms with Crippen LogP contribution >= 0.6 is 0 Å². The second-order valence-electron chi connectivity index (χ2n) is 6.82. The Labute approximate surface area is 178 Å². The molecule has 2 aromatic carbocycles. The molecule has 0 saturated heterocycles. The summed E-state index contributed by atoms with van der Waals surface area (Å²) >= 11 is 0. The number of methoxy groups -OCH3 is 1. The Morgan fingerprint density at radius 1 is 1.23 bits per heavy atom. The summed E-state index contributed by atoms with van der Waals surface area (Å²) in [5.74, 6) is 0.467. The van der Waals surface area contributed by atoms with Crippen LogP contribution in [0.2, 0.25) is 0 Å². The smallest absolute Gasteiger partial charge is 0.271 e. The predicted octanol–water partition coefficient (Wildman–Crippen LogP) is 2.26. The molecule has 0 radical (unpaired) electrons. The number of sulfone groups is 1. The van der Waals surface area contributed by atoms with Crippen LogP contribution in [0.5, 0.6) is 5.75 Å². The summed E-state index contributed by atoms with van der Waals surface area (Å²) in [7, 11) is -0.467. The van der Waals surface area contributed by atoms with Gasteiger partial charge in [-0.3, -0.25) is 14.9 Å². The number of non-ortho nitro benzene ring substituents is 1. The van der Waals surface area contributed by atoms with Gasteiger partial charge in [-0.15, -0.1) is 0 Å². The molecule has 0 aliphatic rings. The number of hydrogen-bond donors (Lipinski definition) is 1. The predicted molar refractivity (Wildman–Crippen MR) is 112 cm³/mol. The largest absolute Gasteiger partial charge is 0.497 e. The highest BCUT2D eigenvalue weighted by Crippen LogP contribution is 2.25. The summed E-state index contributed by atoms with van der Waals surface area (Å²) in [6, 6.07) is 9.35. The molecule has 1 aromatic heterocycles. The van der Waals surface area contributed by atoms with Crippen molar-refractivity contribution in [3.05, 3.63) is 81.9 Å². The molecule has 0 saturated carbocycles. The molecule has 0 spiro atoms. The zero-order valence-electron chi connectivity index (χ0n) is 17.0. The fourth-order valence-corrected chi connectivity index (χ4v) is 3.67. The lowest BCUT2D eigenvalue weighted by Crippen LogP contribution is -2.31. The molecule has 3 aromatic rings. The van der Waals surface area contributed by atoms with Gasteiger partial charge in [0.2, 0.25) is 0 Å². The van der Waals surface area contributed by atoms with E-state index in [1.807, 2.05) is 0 Å². The number of aromatic nitrogens is 2. The third-order valence-electron chi connectivity index (χ3n) is 4.63. The van der Waals surface area contributed by atoms with Gasteiger partial charge in [0.15, 0.2) is 9.84 Å². The van der Waals surface area contributed by atoms with Crippen LogP contribution in [0.4, 0.5) is 5.69 Å². The summed E-state index contributed by atoms with van der Waals surface area (Å²) in [5.41, 5.74) is 0.0469. The van der Waals surface area contributed by atoms with E-state index in [9.17, 15) is 23.3 Å². The van der Waals surface area contributed by atoms with Crippen LogP contribution in [0.15, 0.2) is 59.8 Å². The van der Waals surface area contributed by atoms with Crippen molar-refractivity contribution in [1.29, 1.82) is 0 Å². The van der Waals surface area contributed by atoms with Gasteiger partial charge in [0.1, 0.15) is 17.6 Å². The topological polar surface area (TPSA) is 133 Å². The zero-order chi connectivity index (χ0) is 22.8. The van der Waals surface area contributed by atoms with Crippen LogP contribution in [0.25, 0.3) is 0 Å². The van der Waals surface area contributed by atoms with E-state index in [2.05, 4.69) is 10.3 Å². The van der Waals surface area contributed by atoms with Gasteiger partial charge in [0.05, 0.1) is 16.9 Å². The summed E-state index contributed by atoms with van der Waals surface area (Å²) < 4.78 is 30.8. The summed E-state index contributed by atoms with van der Waals surface area (Å²) in [6.07, 6.45) is 4.21. The second-order valence-corrected chi connectivity index (χ2v) is 8.84. The first-order chi connectivity index (χ1) is 14.6. The van der Waals surface area contributed by atoms with Gasteiger partial charge in [0.25, 0.3) is 11.6 Å². The number of amides is 1. The minimum atomic E-state index is -3.77. The first kappa shape index (κ1) is 22.0. The van der Waals surface area contributed by atoms with Crippen molar-refractivity contribution in [1.82, 2.24) is 14.9 Å². The van der Waals surface area contributed by atoms with Crippen molar-refractivity contribution in [3.8, 4) is 5.75 Å². The first-order valence-electron chi connectivity index (χ1n) is 9.01. The number of nitrogens with zero attached hydrogens (tertiary/aromatic N) is 3. The number of ether oxygens (including phenoxy) is 1. The van der Waals surface area contributed by atoms with E-state index in [0.717, 1.165) is 24.5 Å². The van der Waals surface area contributed by atoms with Crippen molar-refractivity contribution in [2.45, 2.75) is 10.9 Å². The van der Waals surface area contributed by atoms with Crippen LogP contribution in [-0.4, -0.2) is 42.2 Å². The molecule has 11 heteroatoms. The average molecular weight is 444 g/mol. The summed E-state index contributed by atoms with van der Waals surface area (Å²) in [4.78, 5) is 27.5. The van der Waals surface area contributed by atoms with Gasteiger partial charge in [-0.1, -0.05) is 12.1 Å². The van der Waals surface area contributed by atoms with E-state index in [-0.39, 0.29) is 10.5 Å². The molecular weight excluding hydrogens is 424 g/mol. The number of rotatable bonds is 7. The SMILES string of the molecule is COc1ccc(C(NC(=O)c2cc([N+](=O)[O-])cc(S(C)(=O)=O)c2)c2nccn2C)cc1. The third-order valence-corrected chi connectivity index (χ3v) is 5.73. The van der Waals surface area contributed by atoms with E-state index >= 15 is 0 Å². The molecule has 3 rings (SSSR count). The average Bonchev–Trinajstić information content (AvgIpc) is 3.16. The Kier molecular flexibility index (Phi) is 6.07. The number of nitro groups is 1. The maximum Gasteiger partial charge on any atom is 0.271 e. The van der Waals surface area contributed by atoms with Crippen LogP contribution in [0, 0.1) is 10.1 Å². The molecular formula is C20H20N4O6S. The Morgan fingerprint density at radius 3 is 2.42 bits per heavy atom. The highest BCUT2D eigenvalue weighted by Gasteiger charge is 2.24. The van der Waals surface area contributed by atoms with Crippen molar-refractivity contribution in [2.75, 3.05) is 13.4 Å². The number of carbonyl (C=O) groups is 1. The van der Waals surface area contributed by atoms with Gasteiger partial charge in [0, 0.05) is 43.4 Å². The van der Waals surface area contributed by atoms with Crippen LogP contribution in [0.1, 0.15) is 27.8 Å². The lowest BCUT2D eigenvalue weighted by atomic mass is 10.0. The Morgan fingerprint density at radius 2 is 1.90 bits per heavy atom. The fourth-order valence-electron chi connectivity index (χ4n) is 3.00. The number of benzene rings is 2. The van der Waals surface area contributed by atoms with E-state index in [1.165, 1.54) is 7.11 Å². The monoisotopic (exact) mass is 444 g/mol. The van der Waals surface area contributed by atoms with E-state index in [0.29, 0.717) is 17.1 Å². The normalized spacial score (nSPS) is 12.2. The maximum atomic E-state index is 13.0. The minimum absolute atomic E-state index is 0.151. The van der Waals surface area contributed by atoms with Crippen molar-refractivity contribution >= 4 is 21.4 Å². The number of nitrogens with one attached hydrogen (secondary N) is 1. The lowest BCUT2D eigenvalue weighted by molar-refractivity contribution is -0.385. The molecule has 31 heavy (non-hydrogen) atoms. The molecule has 1 unspecified atom stereocenters. The van der Waals surface area contributed by atoms with Gasteiger partial charge in [-0.05, 0) is 23.8 Å². The molecule has 0 aliphatic carbocycles. The Balaban J connectivity index is 2.03. The highest BCUT2D eigenvalue weighted by molar-refractivity contribution is 7.90. The molecule has 0 fully saturated rings. The number of imidazole rings is 1. The highest BCUT2D eigenvalue weighted by atomic mass is 32.2. The molecule has 1 N–H and O–H groups in total. The molecule has 0 aliphatic heterocycles.